The van der Waals surface area contributed by atoms with E-state index in [1.807, 2.05) is 36.5 Å². The smallest absolute Gasteiger partial charge is 0.319 e. The molecule has 0 aliphatic carbocycles. The summed E-state index contributed by atoms with van der Waals surface area (Å²) in [5.41, 5.74) is 4.24. The number of rotatable bonds is 8. The van der Waals surface area contributed by atoms with Gasteiger partial charge in [-0.05, 0) is 79.2 Å². The Morgan fingerprint density at radius 3 is 2.66 bits per heavy atom. The van der Waals surface area contributed by atoms with Crippen molar-refractivity contribution in [2.24, 2.45) is 0 Å². The number of hydrogen-bond acceptors (Lipinski definition) is 7. The van der Waals surface area contributed by atoms with Crippen molar-refractivity contribution in [2.75, 3.05) is 25.0 Å². The van der Waals surface area contributed by atoms with Crippen LogP contribution in [0.3, 0.4) is 0 Å². The molecule has 0 spiro atoms. The van der Waals surface area contributed by atoms with Gasteiger partial charge in [0.15, 0.2) is 5.82 Å². The Morgan fingerprint density at radius 1 is 0.977 bits per heavy atom. The maximum atomic E-state index is 16.7. The summed E-state index contributed by atoms with van der Waals surface area (Å²) in [6.07, 6.45) is 10.7. The second-order valence-electron chi connectivity index (χ2n) is 12.0. The minimum atomic E-state index is -0.478. The van der Waals surface area contributed by atoms with Crippen molar-refractivity contribution >= 4 is 38.5 Å². The molecule has 6 heterocycles. The third kappa shape index (κ3) is 4.45. The molecule has 8 nitrogen and oxygen atoms in total. The molecule has 2 saturated heterocycles. The number of aryl methyl sites for hydroxylation is 1. The number of pyridine rings is 2. The Kier molecular flexibility index (Phi) is 6.63. The Balaban J connectivity index is 1.22. The molecule has 2 aliphatic rings. The molecule has 2 N–H and O–H groups in total. The molecule has 2 aromatic carbocycles. The summed E-state index contributed by atoms with van der Waals surface area (Å²) in [4.78, 5) is 24.3. The minimum Gasteiger partial charge on any atom is -0.461 e. The van der Waals surface area contributed by atoms with Gasteiger partial charge in [0.1, 0.15) is 29.3 Å². The van der Waals surface area contributed by atoms with Gasteiger partial charge in [0.05, 0.1) is 10.9 Å². The van der Waals surface area contributed by atoms with E-state index in [2.05, 4.69) is 55.3 Å². The molecule has 0 unspecified atom stereocenters. The van der Waals surface area contributed by atoms with Crippen LogP contribution in [-0.4, -0.2) is 55.1 Å². The third-order valence-corrected chi connectivity index (χ3v) is 9.55. The molecule has 8 rings (SSSR count). The molecule has 0 saturated carbocycles. The number of fused-ring (bicyclic) bond motifs is 4. The number of benzene rings is 2. The Bertz CT molecular complexity index is 2010. The topological polar surface area (TPSA) is 91.9 Å². The monoisotopic (exact) mass is 587 g/mol. The molecule has 6 aromatic rings. The summed E-state index contributed by atoms with van der Waals surface area (Å²) < 4.78 is 23.0. The van der Waals surface area contributed by atoms with E-state index in [1.165, 1.54) is 12.8 Å². The van der Waals surface area contributed by atoms with E-state index in [0.717, 1.165) is 70.8 Å². The summed E-state index contributed by atoms with van der Waals surface area (Å²) in [7, 11) is 0. The number of nitrogens with zero attached hydrogens (tertiary/aromatic N) is 5. The van der Waals surface area contributed by atoms with Crippen molar-refractivity contribution in [3.63, 3.8) is 0 Å². The van der Waals surface area contributed by atoms with Gasteiger partial charge < -0.3 is 15.0 Å². The number of H-pyrrole nitrogens is 1. The lowest BCUT2D eigenvalue weighted by Crippen LogP contribution is -2.43. The summed E-state index contributed by atoms with van der Waals surface area (Å²) in [6, 6.07) is 16.3. The average Bonchev–Trinajstić information content (AvgIpc) is 3.77. The number of halogens is 1. The quantitative estimate of drug-likeness (QED) is 0.197. The van der Waals surface area contributed by atoms with Gasteiger partial charge >= 0.3 is 6.01 Å². The first kappa shape index (κ1) is 27.0. The predicted molar refractivity (Wildman–Crippen MR) is 171 cm³/mol. The van der Waals surface area contributed by atoms with Crippen LogP contribution >= 0.6 is 0 Å². The largest absolute Gasteiger partial charge is 0.461 e. The van der Waals surface area contributed by atoms with E-state index in [0.29, 0.717) is 24.4 Å². The lowest BCUT2D eigenvalue weighted by molar-refractivity contribution is 0.108. The number of ether oxygens (including phenoxy) is 1. The zero-order chi connectivity index (χ0) is 29.7. The molecule has 0 amide bonds. The van der Waals surface area contributed by atoms with Crippen molar-refractivity contribution in [1.29, 1.82) is 0 Å². The second kappa shape index (κ2) is 10.8. The van der Waals surface area contributed by atoms with E-state index in [9.17, 15) is 0 Å². The minimum absolute atomic E-state index is 0.0183. The molecule has 0 bridgehead atoms. The van der Waals surface area contributed by atoms with Crippen molar-refractivity contribution in [3.05, 3.63) is 84.1 Å². The average molecular weight is 588 g/mol. The SMILES string of the molecule is CCc1cccc2cccc(-c3ncc4c(NCc5c[nH]c6ncccc56)nc(OCC56CCCN5CCC6)nc4c3F)c12. The first-order valence-corrected chi connectivity index (χ1v) is 15.5. The zero-order valence-corrected chi connectivity index (χ0v) is 24.7. The van der Waals surface area contributed by atoms with Gasteiger partial charge in [-0.3, -0.25) is 9.88 Å². The van der Waals surface area contributed by atoms with Crippen LogP contribution in [0.15, 0.2) is 67.1 Å². The Labute approximate surface area is 254 Å². The van der Waals surface area contributed by atoms with E-state index in [-0.39, 0.29) is 22.8 Å². The first-order chi connectivity index (χ1) is 21.6. The highest BCUT2D eigenvalue weighted by Crippen LogP contribution is 2.40. The fourth-order valence-corrected chi connectivity index (χ4v) is 7.33. The van der Waals surface area contributed by atoms with Crippen molar-refractivity contribution in [2.45, 2.75) is 51.1 Å². The summed E-state index contributed by atoms with van der Waals surface area (Å²) in [5, 5.41) is 7.03. The van der Waals surface area contributed by atoms with Crippen LogP contribution < -0.4 is 10.1 Å². The maximum Gasteiger partial charge on any atom is 0.319 e. The third-order valence-electron chi connectivity index (χ3n) is 9.55. The molecule has 0 radical (unpaired) electrons. The van der Waals surface area contributed by atoms with Gasteiger partial charge in [0, 0.05) is 36.1 Å². The van der Waals surface area contributed by atoms with Crippen LogP contribution in [0.25, 0.3) is 44.0 Å². The van der Waals surface area contributed by atoms with Crippen LogP contribution in [0.4, 0.5) is 10.2 Å². The van der Waals surface area contributed by atoms with Gasteiger partial charge in [-0.2, -0.15) is 9.97 Å². The number of hydrogen-bond donors (Lipinski definition) is 2. The Hall–Kier alpha value is -4.63. The lowest BCUT2D eigenvalue weighted by Gasteiger charge is -2.31. The fourth-order valence-electron chi connectivity index (χ4n) is 7.33. The number of aromatic nitrogens is 5. The normalized spacial score (nSPS) is 16.2. The Morgan fingerprint density at radius 2 is 1.82 bits per heavy atom. The van der Waals surface area contributed by atoms with Crippen LogP contribution in [0.2, 0.25) is 0 Å². The van der Waals surface area contributed by atoms with Crippen molar-refractivity contribution in [3.8, 4) is 17.3 Å². The standard InChI is InChI=1S/C35H34FN7O/c1-2-22-8-3-9-23-10-4-11-26(28(22)23)30-29(36)31-27(20-38-30)33(40-19-24-18-39-32-25(24)12-5-15-37-32)42-34(41-31)44-21-35-13-6-16-43(35)17-7-14-35/h3-5,8-12,15,18,20H,2,6-7,13-14,16-17,19,21H2,1H3,(H,37,39)(H,40,41,42). The summed E-state index contributed by atoms with van der Waals surface area (Å²) >= 11 is 0. The lowest BCUT2D eigenvalue weighted by atomic mass is 9.95. The van der Waals surface area contributed by atoms with Crippen molar-refractivity contribution < 1.29 is 9.13 Å². The summed E-state index contributed by atoms with van der Waals surface area (Å²) in [6.45, 7) is 5.27. The number of aromatic amines is 1. The van der Waals surface area contributed by atoms with Crippen molar-refractivity contribution in [1.82, 2.24) is 29.8 Å². The van der Waals surface area contributed by atoms with Gasteiger partial charge in [0.2, 0.25) is 0 Å². The van der Waals surface area contributed by atoms with E-state index < -0.39 is 5.82 Å². The molecule has 0 atom stereocenters. The van der Waals surface area contributed by atoms with Gasteiger partial charge in [0.25, 0.3) is 0 Å². The molecule has 9 heteroatoms. The predicted octanol–water partition coefficient (Wildman–Crippen LogP) is 7.04. The van der Waals surface area contributed by atoms with E-state index in [4.69, 9.17) is 9.72 Å². The second-order valence-corrected chi connectivity index (χ2v) is 12.0. The molecule has 222 valence electrons. The van der Waals surface area contributed by atoms with Gasteiger partial charge in [-0.25, -0.2) is 9.37 Å². The molecule has 44 heavy (non-hydrogen) atoms. The molecule has 2 aliphatic heterocycles. The number of nitrogens with one attached hydrogen (secondary N) is 2. The van der Waals surface area contributed by atoms with Crippen LogP contribution in [-0.2, 0) is 13.0 Å². The van der Waals surface area contributed by atoms with Crippen LogP contribution in [0.1, 0.15) is 43.7 Å². The molecule has 2 fully saturated rings. The van der Waals surface area contributed by atoms with E-state index in [1.54, 1.807) is 12.4 Å². The number of anilines is 1. The fraction of sp³-hybridized carbons (Fsp3) is 0.314. The molecular weight excluding hydrogens is 553 g/mol. The first-order valence-electron chi connectivity index (χ1n) is 15.5. The highest BCUT2D eigenvalue weighted by Gasteiger charge is 2.45. The highest BCUT2D eigenvalue weighted by molar-refractivity contribution is 6.00. The van der Waals surface area contributed by atoms with Crippen LogP contribution in [0.5, 0.6) is 6.01 Å². The maximum absolute atomic E-state index is 16.7. The highest BCUT2D eigenvalue weighted by atomic mass is 19.1. The van der Waals surface area contributed by atoms with Gasteiger partial charge in [-0.15, -0.1) is 0 Å². The molecular formula is C35H34FN7O. The van der Waals surface area contributed by atoms with Crippen LogP contribution in [0, 0.1) is 5.82 Å². The van der Waals surface area contributed by atoms with Gasteiger partial charge in [-0.1, -0.05) is 43.3 Å². The zero-order valence-electron chi connectivity index (χ0n) is 24.7. The summed E-state index contributed by atoms with van der Waals surface area (Å²) in [5.74, 6) is 0.00887. The molecule has 4 aromatic heterocycles. The van der Waals surface area contributed by atoms with E-state index >= 15 is 4.39 Å².